The van der Waals surface area contributed by atoms with Gasteiger partial charge in [0.25, 0.3) is 0 Å². The molecule has 0 saturated heterocycles. The molecule has 0 unspecified atom stereocenters. The van der Waals surface area contributed by atoms with Crippen LogP contribution < -0.4 is 0 Å². The Morgan fingerprint density at radius 1 is 1.17 bits per heavy atom. The molecule has 0 aliphatic rings. The van der Waals surface area contributed by atoms with E-state index in [-0.39, 0.29) is 0 Å². The standard InChI is InChI=1S/C12H24/c1-11(2)9-7-6-8-10-12(3,4)5/h7,9,11H,6,8,10H2,1-5H3/b9-7+. The van der Waals surface area contributed by atoms with E-state index in [4.69, 9.17) is 0 Å². The molecular weight excluding hydrogens is 144 g/mol. The molecule has 0 spiro atoms. The molecule has 0 radical (unpaired) electrons. The van der Waals surface area contributed by atoms with E-state index in [1.54, 1.807) is 0 Å². The fourth-order valence-corrected chi connectivity index (χ4v) is 1.12. The van der Waals surface area contributed by atoms with Gasteiger partial charge in [-0.05, 0) is 30.6 Å². The molecule has 0 atom stereocenters. The molecule has 0 heterocycles. The van der Waals surface area contributed by atoms with Crippen LogP contribution in [0.4, 0.5) is 0 Å². The van der Waals surface area contributed by atoms with Gasteiger partial charge in [-0.15, -0.1) is 0 Å². The minimum Gasteiger partial charge on any atom is -0.0883 e. The quantitative estimate of drug-likeness (QED) is 0.431. The van der Waals surface area contributed by atoms with Gasteiger partial charge in [-0.3, -0.25) is 0 Å². The molecule has 0 saturated carbocycles. The van der Waals surface area contributed by atoms with Gasteiger partial charge in [0, 0.05) is 0 Å². The zero-order valence-electron chi connectivity index (χ0n) is 9.35. The molecule has 72 valence electrons. The Kier molecular flexibility index (Phi) is 5.28. The molecule has 0 bridgehead atoms. The Labute approximate surface area is 78.1 Å². The molecule has 0 nitrogen and oxygen atoms in total. The summed E-state index contributed by atoms with van der Waals surface area (Å²) in [4.78, 5) is 0. The summed E-state index contributed by atoms with van der Waals surface area (Å²) in [6.07, 6.45) is 8.51. The largest absolute Gasteiger partial charge is 0.0883 e. The lowest BCUT2D eigenvalue weighted by atomic mass is 9.90. The van der Waals surface area contributed by atoms with Crippen LogP contribution >= 0.6 is 0 Å². The zero-order chi connectivity index (χ0) is 9.61. The van der Waals surface area contributed by atoms with Crippen LogP contribution in [0.5, 0.6) is 0 Å². The maximum absolute atomic E-state index is 2.32. The van der Waals surface area contributed by atoms with E-state index in [1.807, 2.05) is 0 Å². The van der Waals surface area contributed by atoms with Gasteiger partial charge in [0.2, 0.25) is 0 Å². The van der Waals surface area contributed by atoms with Crippen molar-refractivity contribution in [1.29, 1.82) is 0 Å². The molecule has 0 aromatic heterocycles. The first kappa shape index (κ1) is 11.7. The molecular formula is C12H24. The summed E-state index contributed by atoms with van der Waals surface area (Å²) in [6.45, 7) is 11.4. The predicted molar refractivity (Wildman–Crippen MR) is 57.3 cm³/mol. The van der Waals surface area contributed by atoms with Gasteiger partial charge >= 0.3 is 0 Å². The Hall–Kier alpha value is -0.260. The maximum Gasteiger partial charge on any atom is -0.0290 e. The highest BCUT2D eigenvalue weighted by Gasteiger charge is 2.07. The third-order valence-corrected chi connectivity index (χ3v) is 1.82. The van der Waals surface area contributed by atoms with Crippen LogP contribution in [0.25, 0.3) is 0 Å². The van der Waals surface area contributed by atoms with Crippen molar-refractivity contribution in [3.05, 3.63) is 12.2 Å². The molecule has 0 aliphatic carbocycles. The van der Waals surface area contributed by atoms with Gasteiger partial charge in [0.15, 0.2) is 0 Å². The van der Waals surface area contributed by atoms with E-state index in [2.05, 4.69) is 46.8 Å². The van der Waals surface area contributed by atoms with E-state index < -0.39 is 0 Å². The molecule has 0 aromatic carbocycles. The topological polar surface area (TPSA) is 0 Å². The van der Waals surface area contributed by atoms with Crippen molar-refractivity contribution in [1.82, 2.24) is 0 Å². The summed E-state index contributed by atoms with van der Waals surface area (Å²) in [5.74, 6) is 0.708. The van der Waals surface area contributed by atoms with Crippen molar-refractivity contribution < 1.29 is 0 Å². The second kappa shape index (κ2) is 5.40. The second-order valence-corrected chi connectivity index (χ2v) is 5.13. The lowest BCUT2D eigenvalue weighted by Crippen LogP contribution is -2.03. The third kappa shape index (κ3) is 9.74. The second-order valence-electron chi connectivity index (χ2n) is 5.13. The van der Waals surface area contributed by atoms with Gasteiger partial charge in [-0.2, -0.15) is 0 Å². The van der Waals surface area contributed by atoms with Crippen molar-refractivity contribution in [3.8, 4) is 0 Å². The minimum absolute atomic E-state index is 0.506. The Balaban J connectivity index is 3.34. The number of allylic oxidation sites excluding steroid dienone is 2. The first-order chi connectivity index (χ1) is 5.42. The third-order valence-electron chi connectivity index (χ3n) is 1.82. The molecule has 0 aliphatic heterocycles. The summed E-state index contributed by atoms with van der Waals surface area (Å²) < 4.78 is 0. The van der Waals surface area contributed by atoms with Crippen molar-refractivity contribution in [2.75, 3.05) is 0 Å². The van der Waals surface area contributed by atoms with E-state index >= 15 is 0 Å². The van der Waals surface area contributed by atoms with Crippen LogP contribution in [0.15, 0.2) is 12.2 Å². The van der Waals surface area contributed by atoms with Crippen LogP contribution in [0, 0.1) is 11.3 Å². The monoisotopic (exact) mass is 168 g/mol. The van der Waals surface area contributed by atoms with Crippen molar-refractivity contribution in [2.45, 2.75) is 53.9 Å². The molecule has 0 heteroatoms. The van der Waals surface area contributed by atoms with Crippen LogP contribution in [0.1, 0.15) is 53.9 Å². The Morgan fingerprint density at radius 2 is 1.75 bits per heavy atom. The van der Waals surface area contributed by atoms with E-state index in [1.165, 1.54) is 19.3 Å². The predicted octanol–water partition coefficient (Wildman–Crippen LogP) is 4.42. The number of hydrogen-bond donors (Lipinski definition) is 0. The van der Waals surface area contributed by atoms with Crippen molar-refractivity contribution in [2.24, 2.45) is 11.3 Å². The van der Waals surface area contributed by atoms with Gasteiger partial charge in [-0.1, -0.05) is 46.8 Å². The smallest absolute Gasteiger partial charge is 0.0290 e. The molecule has 0 aromatic rings. The minimum atomic E-state index is 0.506. The zero-order valence-corrected chi connectivity index (χ0v) is 9.35. The van der Waals surface area contributed by atoms with Crippen LogP contribution in [0.2, 0.25) is 0 Å². The van der Waals surface area contributed by atoms with Crippen LogP contribution in [0.3, 0.4) is 0 Å². The van der Waals surface area contributed by atoms with Crippen LogP contribution in [-0.4, -0.2) is 0 Å². The molecule has 0 N–H and O–H groups in total. The lowest BCUT2D eigenvalue weighted by Gasteiger charge is -2.16. The highest BCUT2D eigenvalue weighted by molar-refractivity contribution is 4.84. The van der Waals surface area contributed by atoms with Crippen molar-refractivity contribution in [3.63, 3.8) is 0 Å². The first-order valence-corrected chi connectivity index (χ1v) is 5.08. The molecule has 0 fully saturated rings. The van der Waals surface area contributed by atoms with Crippen molar-refractivity contribution >= 4 is 0 Å². The van der Waals surface area contributed by atoms with E-state index in [9.17, 15) is 0 Å². The average molecular weight is 168 g/mol. The van der Waals surface area contributed by atoms with Crippen LogP contribution in [-0.2, 0) is 0 Å². The summed E-state index contributed by atoms with van der Waals surface area (Å²) >= 11 is 0. The SMILES string of the molecule is CC(C)/C=C/CCCC(C)(C)C. The number of unbranched alkanes of at least 4 members (excludes halogenated alkanes) is 1. The molecule has 0 amide bonds. The van der Waals surface area contributed by atoms with Gasteiger partial charge in [0.1, 0.15) is 0 Å². The highest BCUT2D eigenvalue weighted by Crippen LogP contribution is 2.21. The maximum atomic E-state index is 2.32. The normalized spacial score (nSPS) is 13.2. The Morgan fingerprint density at radius 3 is 2.17 bits per heavy atom. The molecule has 0 rings (SSSR count). The summed E-state index contributed by atoms with van der Waals surface area (Å²) in [5.41, 5.74) is 0.506. The van der Waals surface area contributed by atoms with E-state index in [0.717, 1.165) is 0 Å². The number of rotatable bonds is 4. The summed E-state index contributed by atoms with van der Waals surface area (Å²) in [7, 11) is 0. The summed E-state index contributed by atoms with van der Waals surface area (Å²) in [6, 6.07) is 0. The average Bonchev–Trinajstić information content (AvgIpc) is 1.83. The first-order valence-electron chi connectivity index (χ1n) is 5.08. The number of hydrogen-bond acceptors (Lipinski definition) is 0. The molecule has 12 heavy (non-hydrogen) atoms. The fourth-order valence-electron chi connectivity index (χ4n) is 1.12. The fraction of sp³-hybridized carbons (Fsp3) is 0.833. The highest BCUT2D eigenvalue weighted by atomic mass is 14.1. The lowest BCUT2D eigenvalue weighted by molar-refractivity contribution is 0.367. The van der Waals surface area contributed by atoms with Gasteiger partial charge < -0.3 is 0 Å². The van der Waals surface area contributed by atoms with E-state index in [0.29, 0.717) is 11.3 Å². The van der Waals surface area contributed by atoms with Gasteiger partial charge in [-0.25, -0.2) is 0 Å². The summed E-state index contributed by atoms with van der Waals surface area (Å²) in [5, 5.41) is 0. The van der Waals surface area contributed by atoms with Gasteiger partial charge in [0.05, 0.1) is 0 Å². The Bertz CT molecular complexity index is 123.